The number of hydrazone groups is 1. The maximum atomic E-state index is 12.7. The molecule has 1 aromatic rings. The Kier molecular flexibility index (Phi) is 2.33. The first-order valence-electron chi connectivity index (χ1n) is 7.91. The van der Waals surface area contributed by atoms with Gasteiger partial charge in [0.05, 0.1) is 18.1 Å². The van der Waals surface area contributed by atoms with Crippen LogP contribution in [0.15, 0.2) is 47.6 Å². The van der Waals surface area contributed by atoms with Gasteiger partial charge in [-0.2, -0.15) is 10.1 Å². The molecule has 6 atom stereocenters. The van der Waals surface area contributed by atoms with Crippen LogP contribution in [0.3, 0.4) is 0 Å². The Morgan fingerprint density at radius 3 is 2.14 bits per heavy atom. The molecule has 2 bridgehead atoms. The zero-order chi connectivity index (χ0) is 14.8. The summed E-state index contributed by atoms with van der Waals surface area (Å²) in [5, 5.41) is 5.32. The van der Waals surface area contributed by atoms with Crippen molar-refractivity contribution < 1.29 is 9.59 Å². The molecule has 110 valence electrons. The number of amides is 2. The predicted molar refractivity (Wildman–Crippen MR) is 80.6 cm³/mol. The van der Waals surface area contributed by atoms with Gasteiger partial charge in [-0.25, -0.2) is 0 Å². The quantitative estimate of drug-likeness (QED) is 0.476. The van der Waals surface area contributed by atoms with Gasteiger partial charge in [-0.3, -0.25) is 9.59 Å². The maximum absolute atomic E-state index is 12.7. The minimum atomic E-state index is -0.167. The molecule has 0 radical (unpaired) electrons. The van der Waals surface area contributed by atoms with E-state index in [1.807, 2.05) is 30.3 Å². The monoisotopic (exact) mass is 292 g/mol. The minimum absolute atomic E-state index is 0.105. The fourth-order valence-electron chi connectivity index (χ4n) is 4.72. The fourth-order valence-corrected chi connectivity index (χ4v) is 4.72. The van der Waals surface area contributed by atoms with Crippen LogP contribution >= 0.6 is 0 Å². The van der Waals surface area contributed by atoms with Gasteiger partial charge in [-0.1, -0.05) is 42.5 Å². The number of allylic oxidation sites excluding steroid dienone is 2. The van der Waals surface area contributed by atoms with Crippen LogP contribution in [0.1, 0.15) is 12.0 Å². The summed E-state index contributed by atoms with van der Waals surface area (Å²) in [5.74, 6) is 1.23. The van der Waals surface area contributed by atoms with Crippen molar-refractivity contribution in [3.05, 3.63) is 48.0 Å². The molecule has 22 heavy (non-hydrogen) atoms. The molecular formula is C18H16N2O2. The number of benzene rings is 1. The molecule has 1 saturated heterocycles. The maximum Gasteiger partial charge on any atom is 0.254 e. The van der Waals surface area contributed by atoms with Crippen molar-refractivity contribution in [1.29, 1.82) is 0 Å². The molecule has 1 aromatic carbocycles. The first-order valence-corrected chi connectivity index (χ1v) is 7.91. The summed E-state index contributed by atoms with van der Waals surface area (Å²) < 4.78 is 0. The summed E-state index contributed by atoms with van der Waals surface area (Å²) in [7, 11) is 0. The smallest absolute Gasteiger partial charge is 0.254 e. The van der Waals surface area contributed by atoms with E-state index in [0.717, 1.165) is 10.6 Å². The van der Waals surface area contributed by atoms with E-state index in [2.05, 4.69) is 17.3 Å². The zero-order valence-corrected chi connectivity index (χ0v) is 12.0. The van der Waals surface area contributed by atoms with Gasteiger partial charge in [0.1, 0.15) is 0 Å². The number of hydrogen-bond acceptors (Lipinski definition) is 3. The Morgan fingerprint density at radius 2 is 1.55 bits per heavy atom. The third-order valence-electron chi connectivity index (χ3n) is 5.76. The normalized spacial score (nSPS) is 41.2. The van der Waals surface area contributed by atoms with Crippen molar-refractivity contribution in [2.75, 3.05) is 0 Å². The second kappa shape index (κ2) is 4.15. The Morgan fingerprint density at radius 1 is 0.955 bits per heavy atom. The molecule has 1 heterocycles. The number of imide groups is 1. The molecule has 3 fully saturated rings. The molecule has 4 nitrogen and oxygen atoms in total. The van der Waals surface area contributed by atoms with Gasteiger partial charge in [-0.05, 0) is 35.7 Å². The van der Waals surface area contributed by atoms with E-state index < -0.39 is 0 Å². The summed E-state index contributed by atoms with van der Waals surface area (Å²) >= 11 is 0. The highest BCUT2D eigenvalue weighted by molar-refractivity contribution is 6.06. The molecule has 0 N–H and O–H groups in total. The molecule has 1 aliphatic heterocycles. The Balaban J connectivity index is 1.46. The SMILES string of the molecule is O=C1[C@@H]2[C@H]3C=C[C@@H]([C@@H]4C[C@@H]34)[C@H]2C(=O)N1/N=C\c1ccccc1. The number of carbonyl (C=O) groups excluding carboxylic acids is 2. The van der Waals surface area contributed by atoms with Crippen LogP contribution in [0.2, 0.25) is 0 Å². The molecule has 6 rings (SSSR count). The van der Waals surface area contributed by atoms with Gasteiger partial charge in [0.2, 0.25) is 0 Å². The summed E-state index contributed by atoms with van der Waals surface area (Å²) in [6.45, 7) is 0. The van der Waals surface area contributed by atoms with Crippen molar-refractivity contribution in [2.45, 2.75) is 6.42 Å². The lowest BCUT2D eigenvalue weighted by Crippen LogP contribution is -2.40. The van der Waals surface area contributed by atoms with Crippen molar-refractivity contribution in [3.63, 3.8) is 0 Å². The summed E-state index contributed by atoms with van der Waals surface area (Å²) in [5.41, 5.74) is 0.891. The highest BCUT2D eigenvalue weighted by atomic mass is 16.2. The summed E-state index contributed by atoms with van der Waals surface area (Å²) in [6, 6.07) is 9.55. The summed E-state index contributed by atoms with van der Waals surface area (Å²) in [6.07, 6.45) is 7.14. The standard InChI is InChI=1S/C18H16N2O2/c21-17-15-11-6-7-12(14-8-13(11)14)16(15)18(22)20(17)19-9-10-4-2-1-3-5-10/h1-7,9,11-16H,8H2/b19-9-/t11-,12-,13-,14-,15+,16+/m0/s1. The van der Waals surface area contributed by atoms with Crippen molar-refractivity contribution in [1.82, 2.24) is 5.01 Å². The van der Waals surface area contributed by atoms with E-state index in [4.69, 9.17) is 0 Å². The molecule has 0 unspecified atom stereocenters. The number of hydrogen-bond donors (Lipinski definition) is 0. The highest BCUT2D eigenvalue weighted by Gasteiger charge is 2.67. The molecule has 5 aliphatic rings. The second-order valence-electron chi connectivity index (χ2n) is 6.80. The molecule has 4 heteroatoms. The van der Waals surface area contributed by atoms with Gasteiger partial charge in [0, 0.05) is 0 Å². The highest BCUT2D eigenvalue weighted by Crippen LogP contribution is 2.65. The van der Waals surface area contributed by atoms with Crippen molar-refractivity contribution >= 4 is 18.0 Å². The molecular weight excluding hydrogens is 276 g/mol. The third kappa shape index (κ3) is 1.50. The van der Waals surface area contributed by atoms with E-state index in [9.17, 15) is 9.59 Å². The van der Waals surface area contributed by atoms with E-state index in [1.165, 1.54) is 6.42 Å². The lowest BCUT2D eigenvalue weighted by atomic mass is 9.63. The van der Waals surface area contributed by atoms with Crippen LogP contribution in [0.25, 0.3) is 0 Å². The largest absolute Gasteiger partial charge is 0.272 e. The van der Waals surface area contributed by atoms with Crippen LogP contribution in [-0.2, 0) is 9.59 Å². The Hall–Kier alpha value is -2.23. The first-order chi connectivity index (χ1) is 10.8. The summed E-state index contributed by atoms with van der Waals surface area (Å²) in [4.78, 5) is 25.4. The lowest BCUT2D eigenvalue weighted by molar-refractivity contribution is -0.140. The van der Waals surface area contributed by atoms with Gasteiger partial charge in [0.15, 0.2) is 0 Å². The fraction of sp³-hybridized carbons (Fsp3) is 0.389. The Bertz CT molecular complexity index is 688. The van der Waals surface area contributed by atoms with Crippen molar-refractivity contribution in [3.8, 4) is 0 Å². The van der Waals surface area contributed by atoms with Gasteiger partial charge in [0.25, 0.3) is 11.8 Å². The average Bonchev–Trinajstić information content (AvgIpc) is 3.33. The lowest BCUT2D eigenvalue weighted by Gasteiger charge is -2.37. The molecule has 0 spiro atoms. The van der Waals surface area contributed by atoms with E-state index in [0.29, 0.717) is 11.8 Å². The van der Waals surface area contributed by atoms with Gasteiger partial charge in [-0.15, -0.1) is 0 Å². The molecule has 2 saturated carbocycles. The van der Waals surface area contributed by atoms with E-state index in [1.54, 1.807) is 6.21 Å². The van der Waals surface area contributed by atoms with Crippen molar-refractivity contribution in [2.24, 2.45) is 40.6 Å². The third-order valence-corrected chi connectivity index (χ3v) is 5.76. The first kappa shape index (κ1) is 12.3. The molecule has 4 aliphatic carbocycles. The van der Waals surface area contributed by atoms with Gasteiger partial charge < -0.3 is 0 Å². The van der Waals surface area contributed by atoms with Crippen LogP contribution in [-0.4, -0.2) is 23.0 Å². The number of rotatable bonds is 2. The van der Waals surface area contributed by atoms with E-state index >= 15 is 0 Å². The minimum Gasteiger partial charge on any atom is -0.272 e. The average molecular weight is 292 g/mol. The molecule has 0 aromatic heterocycles. The molecule has 2 amide bonds. The van der Waals surface area contributed by atoms with Crippen LogP contribution < -0.4 is 0 Å². The number of carbonyl (C=O) groups is 2. The van der Waals surface area contributed by atoms with E-state index in [-0.39, 0.29) is 35.5 Å². The van der Waals surface area contributed by atoms with Crippen LogP contribution in [0, 0.1) is 35.5 Å². The Labute approximate surface area is 128 Å². The zero-order valence-electron chi connectivity index (χ0n) is 12.0. The topological polar surface area (TPSA) is 49.7 Å². The second-order valence-corrected chi connectivity index (χ2v) is 6.80. The van der Waals surface area contributed by atoms with Crippen LogP contribution in [0.4, 0.5) is 0 Å². The number of nitrogens with zero attached hydrogens (tertiary/aromatic N) is 2. The van der Waals surface area contributed by atoms with Gasteiger partial charge >= 0.3 is 0 Å². The van der Waals surface area contributed by atoms with Crippen LogP contribution in [0.5, 0.6) is 0 Å². The predicted octanol–water partition coefficient (Wildman–Crippen LogP) is 2.07.